The number of ether oxygens (including phenoxy) is 1. The number of hydrogen-bond acceptors (Lipinski definition) is 6. The van der Waals surface area contributed by atoms with Gasteiger partial charge in [-0.1, -0.05) is 0 Å². The van der Waals surface area contributed by atoms with Gasteiger partial charge in [0.05, 0.1) is 12.2 Å². The summed E-state index contributed by atoms with van der Waals surface area (Å²) in [4.78, 5) is 11.6. The summed E-state index contributed by atoms with van der Waals surface area (Å²) in [6.45, 7) is 7.94. The van der Waals surface area contributed by atoms with Crippen LogP contribution < -0.4 is 16.2 Å². The Bertz CT molecular complexity index is 493. The van der Waals surface area contributed by atoms with Crippen LogP contribution in [0.4, 0.5) is 11.6 Å². The molecule has 0 radical (unpaired) electrons. The first-order valence-electron chi connectivity index (χ1n) is 7.34. The SMILES string of the molecule is Cc1c(NN)nc(C2CC2)nc1N1C[C@@H](C)O[C@@H](C)C1. The second-order valence-corrected chi connectivity index (χ2v) is 5.96. The summed E-state index contributed by atoms with van der Waals surface area (Å²) >= 11 is 0. The minimum Gasteiger partial charge on any atom is -0.372 e. The predicted octanol–water partition coefficient (Wildman–Crippen LogP) is 1.56. The van der Waals surface area contributed by atoms with Crippen LogP contribution in [-0.4, -0.2) is 35.3 Å². The Morgan fingerprint density at radius 2 is 1.85 bits per heavy atom. The third-order valence-electron chi connectivity index (χ3n) is 3.94. The maximum Gasteiger partial charge on any atom is 0.148 e. The van der Waals surface area contributed by atoms with E-state index in [1.54, 1.807) is 0 Å². The molecule has 2 aliphatic rings. The number of anilines is 2. The lowest BCUT2D eigenvalue weighted by atomic mass is 10.2. The third kappa shape index (κ3) is 2.58. The van der Waals surface area contributed by atoms with Crippen molar-refractivity contribution in [1.29, 1.82) is 0 Å². The summed E-state index contributed by atoms with van der Waals surface area (Å²) in [6.07, 6.45) is 2.80. The Morgan fingerprint density at radius 3 is 2.40 bits per heavy atom. The molecule has 1 aromatic heterocycles. The molecule has 0 bridgehead atoms. The van der Waals surface area contributed by atoms with E-state index in [0.29, 0.717) is 5.92 Å². The second-order valence-electron chi connectivity index (χ2n) is 5.96. The Hall–Kier alpha value is -1.40. The highest BCUT2D eigenvalue weighted by atomic mass is 16.5. The molecule has 0 amide bonds. The molecule has 2 heterocycles. The molecule has 1 aliphatic heterocycles. The summed E-state index contributed by atoms with van der Waals surface area (Å²) in [5.41, 5.74) is 3.72. The molecule has 6 heteroatoms. The van der Waals surface area contributed by atoms with E-state index >= 15 is 0 Å². The van der Waals surface area contributed by atoms with Gasteiger partial charge in [-0.2, -0.15) is 0 Å². The van der Waals surface area contributed by atoms with Gasteiger partial charge in [0.15, 0.2) is 0 Å². The maximum atomic E-state index is 5.80. The molecule has 1 aromatic rings. The molecule has 1 saturated heterocycles. The van der Waals surface area contributed by atoms with Crippen molar-refractivity contribution in [2.45, 2.75) is 51.7 Å². The van der Waals surface area contributed by atoms with Crippen molar-refractivity contribution in [1.82, 2.24) is 9.97 Å². The molecular formula is C14H23N5O. The molecule has 0 unspecified atom stereocenters. The van der Waals surface area contributed by atoms with Crippen LogP contribution in [0.5, 0.6) is 0 Å². The van der Waals surface area contributed by atoms with E-state index in [9.17, 15) is 0 Å². The van der Waals surface area contributed by atoms with Crippen LogP contribution in [-0.2, 0) is 4.74 Å². The van der Waals surface area contributed by atoms with Crippen molar-refractivity contribution in [3.63, 3.8) is 0 Å². The zero-order valence-electron chi connectivity index (χ0n) is 12.4. The maximum absolute atomic E-state index is 5.80. The van der Waals surface area contributed by atoms with Crippen LogP contribution in [0.1, 0.15) is 44.0 Å². The summed E-state index contributed by atoms with van der Waals surface area (Å²) in [7, 11) is 0. The molecule has 1 saturated carbocycles. The van der Waals surface area contributed by atoms with Gasteiger partial charge in [-0.15, -0.1) is 0 Å². The standard InChI is InChI=1S/C14H23N5O/c1-8-6-19(7-9(2)20-8)14-10(3)12(18-15)16-13(17-14)11-4-5-11/h8-9,11H,4-7,15H2,1-3H3,(H,16,17,18)/t8-,9+. The van der Waals surface area contributed by atoms with Crippen LogP contribution in [0.2, 0.25) is 0 Å². The van der Waals surface area contributed by atoms with Crippen LogP contribution in [0, 0.1) is 6.92 Å². The van der Waals surface area contributed by atoms with Gasteiger partial charge in [0.1, 0.15) is 17.5 Å². The highest BCUT2D eigenvalue weighted by Gasteiger charge is 2.30. The average molecular weight is 277 g/mol. The van der Waals surface area contributed by atoms with Crippen molar-refractivity contribution >= 4 is 11.6 Å². The fourth-order valence-corrected chi connectivity index (χ4v) is 2.85. The van der Waals surface area contributed by atoms with Crippen LogP contribution >= 0.6 is 0 Å². The number of aromatic nitrogens is 2. The van der Waals surface area contributed by atoms with Crippen molar-refractivity contribution < 1.29 is 4.74 Å². The first kappa shape index (κ1) is 13.6. The summed E-state index contributed by atoms with van der Waals surface area (Å²) in [6, 6.07) is 0. The van der Waals surface area contributed by atoms with Crippen molar-refractivity contribution in [3.05, 3.63) is 11.4 Å². The van der Waals surface area contributed by atoms with E-state index in [0.717, 1.165) is 36.1 Å². The molecule has 3 rings (SSSR count). The molecule has 0 aromatic carbocycles. The molecule has 2 atom stereocenters. The second kappa shape index (κ2) is 5.18. The number of nitrogens with two attached hydrogens (primary N) is 1. The van der Waals surface area contributed by atoms with E-state index in [1.807, 2.05) is 6.92 Å². The third-order valence-corrected chi connectivity index (χ3v) is 3.94. The molecule has 6 nitrogen and oxygen atoms in total. The molecule has 1 aliphatic carbocycles. The highest BCUT2D eigenvalue weighted by molar-refractivity contribution is 5.59. The lowest BCUT2D eigenvalue weighted by molar-refractivity contribution is -0.00550. The number of nitrogens with zero attached hydrogens (tertiary/aromatic N) is 3. The molecular weight excluding hydrogens is 254 g/mol. The van der Waals surface area contributed by atoms with Gasteiger partial charge < -0.3 is 15.1 Å². The van der Waals surface area contributed by atoms with Gasteiger partial charge in [-0.25, -0.2) is 15.8 Å². The minimum absolute atomic E-state index is 0.215. The molecule has 2 fully saturated rings. The van der Waals surface area contributed by atoms with E-state index in [4.69, 9.17) is 15.6 Å². The van der Waals surface area contributed by atoms with Crippen LogP contribution in [0.15, 0.2) is 0 Å². The normalized spacial score (nSPS) is 26.7. The molecule has 3 N–H and O–H groups in total. The largest absolute Gasteiger partial charge is 0.372 e. The van der Waals surface area contributed by atoms with Crippen molar-refractivity contribution in [2.75, 3.05) is 23.4 Å². The highest BCUT2D eigenvalue weighted by Crippen LogP contribution is 2.40. The van der Waals surface area contributed by atoms with Gasteiger partial charge >= 0.3 is 0 Å². The number of rotatable bonds is 3. The van der Waals surface area contributed by atoms with E-state index in [1.165, 1.54) is 12.8 Å². The first-order chi connectivity index (χ1) is 9.58. The van der Waals surface area contributed by atoms with Gasteiger partial charge in [0.25, 0.3) is 0 Å². The van der Waals surface area contributed by atoms with Gasteiger partial charge in [0, 0.05) is 24.6 Å². The smallest absolute Gasteiger partial charge is 0.148 e. The van der Waals surface area contributed by atoms with Crippen molar-refractivity contribution in [3.8, 4) is 0 Å². The van der Waals surface area contributed by atoms with Gasteiger partial charge in [-0.05, 0) is 33.6 Å². The average Bonchev–Trinajstić information content (AvgIpc) is 3.22. The monoisotopic (exact) mass is 277 g/mol. The van der Waals surface area contributed by atoms with Gasteiger partial charge in [0.2, 0.25) is 0 Å². The molecule has 110 valence electrons. The summed E-state index contributed by atoms with van der Waals surface area (Å²) in [5, 5.41) is 0. The Kier molecular flexibility index (Phi) is 3.52. The lowest BCUT2D eigenvalue weighted by Gasteiger charge is -2.37. The first-order valence-corrected chi connectivity index (χ1v) is 7.34. The van der Waals surface area contributed by atoms with E-state index in [2.05, 4.69) is 29.2 Å². The number of nitrogen functional groups attached to an aromatic ring is 1. The number of morpholine rings is 1. The van der Waals surface area contributed by atoms with E-state index in [-0.39, 0.29) is 12.2 Å². The Balaban J connectivity index is 1.96. The fraction of sp³-hybridized carbons (Fsp3) is 0.714. The van der Waals surface area contributed by atoms with Crippen LogP contribution in [0.3, 0.4) is 0 Å². The van der Waals surface area contributed by atoms with Crippen LogP contribution in [0.25, 0.3) is 0 Å². The van der Waals surface area contributed by atoms with E-state index < -0.39 is 0 Å². The zero-order chi connectivity index (χ0) is 14.3. The number of hydrazine groups is 1. The number of hydrogen-bond donors (Lipinski definition) is 2. The summed E-state index contributed by atoms with van der Waals surface area (Å²) < 4.78 is 5.80. The fourth-order valence-electron chi connectivity index (χ4n) is 2.85. The lowest BCUT2D eigenvalue weighted by Crippen LogP contribution is -2.46. The number of nitrogens with one attached hydrogen (secondary N) is 1. The summed E-state index contributed by atoms with van der Waals surface area (Å²) in [5.74, 6) is 8.78. The predicted molar refractivity (Wildman–Crippen MR) is 78.8 cm³/mol. The quantitative estimate of drug-likeness (QED) is 0.645. The van der Waals surface area contributed by atoms with Crippen molar-refractivity contribution in [2.24, 2.45) is 5.84 Å². The zero-order valence-corrected chi connectivity index (χ0v) is 12.4. The Labute approximate surface area is 119 Å². The molecule has 20 heavy (non-hydrogen) atoms. The minimum atomic E-state index is 0.215. The van der Waals surface area contributed by atoms with Gasteiger partial charge in [-0.3, -0.25) is 0 Å². The topological polar surface area (TPSA) is 76.3 Å². The Morgan fingerprint density at radius 1 is 1.20 bits per heavy atom. The molecule has 0 spiro atoms.